The highest BCUT2D eigenvalue weighted by Gasteiger charge is 2.41. The van der Waals surface area contributed by atoms with Gasteiger partial charge in [-0.25, -0.2) is 8.78 Å². The van der Waals surface area contributed by atoms with Gasteiger partial charge in [0.05, 0.1) is 12.0 Å². The first kappa shape index (κ1) is 16.9. The summed E-state index contributed by atoms with van der Waals surface area (Å²) >= 11 is 0. The second-order valence-electron chi connectivity index (χ2n) is 5.41. The average Bonchev–Trinajstić information content (AvgIpc) is 2.52. The van der Waals surface area contributed by atoms with Gasteiger partial charge in [0.1, 0.15) is 0 Å². The summed E-state index contributed by atoms with van der Waals surface area (Å²) in [6, 6.07) is 5.58. The van der Waals surface area contributed by atoms with Crippen LogP contribution < -0.4 is 5.73 Å². The van der Waals surface area contributed by atoms with Crippen LogP contribution in [0.25, 0.3) is 0 Å². The molecule has 2 N–H and O–H groups in total. The van der Waals surface area contributed by atoms with Crippen LogP contribution in [0.1, 0.15) is 25.0 Å². The van der Waals surface area contributed by atoms with E-state index in [2.05, 4.69) is 4.98 Å². The van der Waals surface area contributed by atoms with Crippen LogP contribution in [0, 0.1) is 11.6 Å². The molecule has 0 fully saturated rings. The van der Waals surface area contributed by atoms with Gasteiger partial charge in [-0.15, -0.1) is 0 Å². The Morgan fingerprint density at radius 3 is 2.52 bits per heavy atom. The molecule has 0 aliphatic rings. The van der Waals surface area contributed by atoms with Crippen LogP contribution in [0.4, 0.5) is 14.5 Å². The van der Waals surface area contributed by atoms with Gasteiger partial charge in [-0.1, -0.05) is 0 Å². The highest BCUT2D eigenvalue weighted by atomic mass is 19.2. The van der Waals surface area contributed by atoms with E-state index < -0.39 is 23.0 Å². The molecule has 0 radical (unpaired) electrons. The van der Waals surface area contributed by atoms with Crippen LogP contribution in [0.15, 0.2) is 36.7 Å². The Bertz CT molecular complexity index is 707. The smallest absolute Gasteiger partial charge is 0.316 e. The maximum atomic E-state index is 14.4. The number of esters is 1. The molecule has 0 saturated carbocycles. The number of nitrogens with zero attached hydrogens (tertiary/aromatic N) is 1. The lowest BCUT2D eigenvalue weighted by molar-refractivity contribution is -0.149. The fraction of sp³-hybridized carbons (Fsp3) is 0.294. The number of halogens is 2. The van der Waals surface area contributed by atoms with Crippen LogP contribution in [-0.4, -0.2) is 17.6 Å². The molecular formula is C17H18F2N2O2. The number of benzene rings is 1. The van der Waals surface area contributed by atoms with E-state index >= 15 is 0 Å². The predicted molar refractivity (Wildman–Crippen MR) is 82.7 cm³/mol. The van der Waals surface area contributed by atoms with Crippen molar-refractivity contribution >= 4 is 11.7 Å². The third kappa shape index (κ3) is 3.31. The largest absolute Gasteiger partial charge is 0.465 e. The molecule has 1 aromatic heterocycles. The molecular weight excluding hydrogens is 302 g/mol. The SMILES string of the molecule is CCOC(=O)C(C)(Cc1ccncc1)c1c(N)ccc(F)c1F. The molecule has 1 heterocycles. The van der Waals surface area contributed by atoms with Gasteiger partial charge in [-0.2, -0.15) is 0 Å². The Morgan fingerprint density at radius 1 is 1.26 bits per heavy atom. The number of hydrogen-bond donors (Lipinski definition) is 1. The van der Waals surface area contributed by atoms with E-state index in [4.69, 9.17) is 10.5 Å². The normalized spacial score (nSPS) is 13.4. The van der Waals surface area contributed by atoms with E-state index in [1.165, 1.54) is 13.0 Å². The third-order valence-corrected chi connectivity index (χ3v) is 3.71. The van der Waals surface area contributed by atoms with E-state index in [9.17, 15) is 13.6 Å². The van der Waals surface area contributed by atoms with Crippen molar-refractivity contribution in [3.05, 3.63) is 59.4 Å². The van der Waals surface area contributed by atoms with Crippen molar-refractivity contribution in [2.45, 2.75) is 25.7 Å². The number of carbonyl (C=O) groups is 1. The lowest BCUT2D eigenvalue weighted by atomic mass is 9.76. The molecule has 0 bridgehead atoms. The Kier molecular flexibility index (Phi) is 4.93. The summed E-state index contributed by atoms with van der Waals surface area (Å²) in [6.07, 6.45) is 3.23. The molecule has 1 atom stereocenters. The first-order valence-electron chi connectivity index (χ1n) is 7.20. The minimum Gasteiger partial charge on any atom is -0.465 e. The van der Waals surface area contributed by atoms with Gasteiger partial charge in [0.15, 0.2) is 11.6 Å². The van der Waals surface area contributed by atoms with Crippen molar-refractivity contribution < 1.29 is 18.3 Å². The fourth-order valence-corrected chi connectivity index (χ4v) is 2.59. The highest BCUT2D eigenvalue weighted by molar-refractivity contribution is 5.85. The van der Waals surface area contributed by atoms with Gasteiger partial charge in [-0.3, -0.25) is 9.78 Å². The van der Waals surface area contributed by atoms with Crippen LogP contribution in [0.5, 0.6) is 0 Å². The molecule has 2 aromatic rings. The number of pyridine rings is 1. The topological polar surface area (TPSA) is 65.2 Å². The van der Waals surface area contributed by atoms with E-state index in [1.54, 1.807) is 31.5 Å². The molecule has 6 heteroatoms. The first-order chi connectivity index (χ1) is 10.9. The zero-order valence-corrected chi connectivity index (χ0v) is 13.0. The average molecular weight is 320 g/mol. The third-order valence-electron chi connectivity index (χ3n) is 3.71. The van der Waals surface area contributed by atoms with E-state index in [1.807, 2.05) is 0 Å². The number of hydrogen-bond acceptors (Lipinski definition) is 4. The number of anilines is 1. The van der Waals surface area contributed by atoms with Crippen LogP contribution in [0.3, 0.4) is 0 Å². The van der Waals surface area contributed by atoms with Gasteiger partial charge in [0.2, 0.25) is 0 Å². The molecule has 1 unspecified atom stereocenters. The van der Waals surface area contributed by atoms with E-state index in [0.29, 0.717) is 0 Å². The van der Waals surface area contributed by atoms with Crippen molar-refractivity contribution in [3.63, 3.8) is 0 Å². The van der Waals surface area contributed by atoms with E-state index in [0.717, 1.165) is 11.6 Å². The maximum Gasteiger partial charge on any atom is 0.316 e. The molecule has 0 saturated heterocycles. The zero-order chi connectivity index (χ0) is 17.0. The number of nitrogens with two attached hydrogens (primary N) is 1. The minimum atomic E-state index is -1.45. The van der Waals surface area contributed by atoms with Crippen molar-refractivity contribution in [1.29, 1.82) is 0 Å². The summed E-state index contributed by atoms with van der Waals surface area (Å²) in [5.41, 5.74) is 4.94. The lowest BCUT2D eigenvalue weighted by Gasteiger charge is -2.29. The second kappa shape index (κ2) is 6.73. The Labute approximate surface area is 133 Å². The van der Waals surface area contributed by atoms with Crippen molar-refractivity contribution in [2.75, 3.05) is 12.3 Å². The Morgan fingerprint density at radius 2 is 1.91 bits per heavy atom. The summed E-state index contributed by atoms with van der Waals surface area (Å²) in [4.78, 5) is 16.4. The summed E-state index contributed by atoms with van der Waals surface area (Å²) < 4.78 is 33.2. The van der Waals surface area contributed by atoms with E-state index in [-0.39, 0.29) is 24.3 Å². The molecule has 0 amide bonds. The molecule has 4 nitrogen and oxygen atoms in total. The number of aromatic nitrogens is 1. The van der Waals surface area contributed by atoms with Crippen LogP contribution in [-0.2, 0) is 21.4 Å². The lowest BCUT2D eigenvalue weighted by Crippen LogP contribution is -2.38. The summed E-state index contributed by atoms with van der Waals surface area (Å²) in [7, 11) is 0. The van der Waals surface area contributed by atoms with Gasteiger partial charge in [0, 0.05) is 23.6 Å². The standard InChI is InChI=1S/C17H18F2N2O2/c1-3-23-16(22)17(2,10-11-6-8-21-9-7-11)14-13(20)5-4-12(18)15(14)19/h4-9H,3,10,20H2,1-2H3. The Balaban J connectivity index is 2.59. The number of nitrogen functional groups attached to an aromatic ring is 1. The second-order valence-corrected chi connectivity index (χ2v) is 5.41. The van der Waals surface area contributed by atoms with Crippen LogP contribution in [0.2, 0.25) is 0 Å². The fourth-order valence-electron chi connectivity index (χ4n) is 2.59. The number of rotatable bonds is 5. The molecule has 122 valence electrons. The highest BCUT2D eigenvalue weighted by Crippen LogP contribution is 2.36. The molecule has 1 aromatic carbocycles. The monoisotopic (exact) mass is 320 g/mol. The summed E-state index contributed by atoms with van der Waals surface area (Å²) in [5.74, 6) is -2.85. The van der Waals surface area contributed by atoms with Gasteiger partial charge in [-0.05, 0) is 50.1 Å². The number of carbonyl (C=O) groups excluding carboxylic acids is 1. The van der Waals surface area contributed by atoms with Gasteiger partial charge in [0.25, 0.3) is 0 Å². The molecule has 0 spiro atoms. The quantitative estimate of drug-likeness (QED) is 0.679. The summed E-state index contributed by atoms with van der Waals surface area (Å²) in [6.45, 7) is 3.28. The van der Waals surface area contributed by atoms with Gasteiger partial charge >= 0.3 is 5.97 Å². The molecule has 0 aliphatic heterocycles. The molecule has 0 aliphatic carbocycles. The number of ether oxygens (including phenoxy) is 1. The minimum absolute atomic E-state index is 0.00788. The predicted octanol–water partition coefficient (Wildman–Crippen LogP) is 3.01. The van der Waals surface area contributed by atoms with Crippen LogP contribution >= 0.6 is 0 Å². The molecule has 2 rings (SSSR count). The van der Waals surface area contributed by atoms with Crippen molar-refractivity contribution in [3.8, 4) is 0 Å². The van der Waals surface area contributed by atoms with Crippen molar-refractivity contribution in [1.82, 2.24) is 4.98 Å². The summed E-state index contributed by atoms with van der Waals surface area (Å²) in [5, 5.41) is 0. The Hall–Kier alpha value is -2.50. The van der Waals surface area contributed by atoms with Gasteiger partial charge < -0.3 is 10.5 Å². The maximum absolute atomic E-state index is 14.4. The first-order valence-corrected chi connectivity index (χ1v) is 7.20. The zero-order valence-electron chi connectivity index (χ0n) is 13.0. The molecule has 23 heavy (non-hydrogen) atoms. The van der Waals surface area contributed by atoms with Crippen molar-refractivity contribution in [2.24, 2.45) is 0 Å².